The quantitative estimate of drug-likeness (QED) is 0.730. The number of rotatable bonds is 8. The van der Waals surface area contributed by atoms with Crippen LogP contribution < -0.4 is 10.6 Å². The van der Waals surface area contributed by atoms with Crippen molar-refractivity contribution in [2.45, 2.75) is 19.5 Å². The van der Waals surface area contributed by atoms with Crippen LogP contribution >= 0.6 is 22.9 Å². The molecule has 0 bridgehead atoms. The second-order valence-corrected chi connectivity index (χ2v) is 5.93. The number of hydrogen-bond donors (Lipinski definition) is 2. The van der Waals surface area contributed by atoms with Gasteiger partial charge in [-0.1, -0.05) is 16.7 Å². The minimum absolute atomic E-state index is 0.0715. The molecule has 2 aromatic heterocycles. The smallest absolute Gasteiger partial charge is 0.316 e. The molecule has 0 aromatic carbocycles. The lowest BCUT2D eigenvalue weighted by atomic mass is 10.3. The Morgan fingerprint density at radius 3 is 3.00 bits per heavy atom. The van der Waals surface area contributed by atoms with Gasteiger partial charge in [-0.25, -0.2) is 0 Å². The molecule has 2 rings (SSSR count). The molecule has 20 heavy (non-hydrogen) atoms. The van der Waals surface area contributed by atoms with Gasteiger partial charge in [-0.05, 0) is 19.1 Å². The van der Waals surface area contributed by atoms with Gasteiger partial charge in [-0.3, -0.25) is 0 Å². The number of hydrogen-bond acceptors (Lipinski definition) is 7. The van der Waals surface area contributed by atoms with E-state index in [1.54, 1.807) is 7.11 Å². The van der Waals surface area contributed by atoms with Crippen molar-refractivity contribution in [3.8, 4) is 0 Å². The number of ether oxygens (including phenoxy) is 1. The molecule has 0 spiro atoms. The minimum atomic E-state index is 0.0715. The molecular weight excluding hydrogens is 300 g/mol. The molecule has 1 unspecified atom stereocenters. The summed E-state index contributed by atoms with van der Waals surface area (Å²) in [6.07, 6.45) is 0. The Bertz CT molecular complexity index is 531. The Kier molecular flexibility index (Phi) is 5.78. The number of anilines is 1. The Morgan fingerprint density at radius 1 is 1.45 bits per heavy atom. The van der Waals surface area contributed by atoms with Crippen LogP contribution in [0.5, 0.6) is 0 Å². The van der Waals surface area contributed by atoms with Gasteiger partial charge >= 0.3 is 6.01 Å². The predicted molar refractivity (Wildman–Crippen MR) is 79.2 cm³/mol. The fourth-order valence-electron chi connectivity index (χ4n) is 1.57. The van der Waals surface area contributed by atoms with E-state index in [1.807, 2.05) is 19.1 Å². The normalized spacial score (nSPS) is 12.6. The van der Waals surface area contributed by atoms with E-state index in [-0.39, 0.29) is 6.04 Å². The SMILES string of the molecule is COCCNCc1nnc(NC(C)c2ccc(Cl)s2)o1. The number of methoxy groups -OCH3 is 1. The first-order valence-corrected chi connectivity index (χ1v) is 7.42. The number of aromatic nitrogens is 2. The van der Waals surface area contributed by atoms with E-state index in [9.17, 15) is 0 Å². The van der Waals surface area contributed by atoms with E-state index >= 15 is 0 Å². The average molecular weight is 317 g/mol. The third-order valence-electron chi connectivity index (χ3n) is 2.59. The molecule has 0 saturated heterocycles. The fourth-order valence-corrected chi connectivity index (χ4v) is 2.63. The van der Waals surface area contributed by atoms with Crippen molar-refractivity contribution in [3.63, 3.8) is 0 Å². The Labute approximate surface area is 126 Å². The number of thiophene rings is 1. The zero-order valence-corrected chi connectivity index (χ0v) is 12.9. The lowest BCUT2D eigenvalue weighted by molar-refractivity contribution is 0.198. The minimum Gasteiger partial charge on any atom is -0.407 e. The van der Waals surface area contributed by atoms with Gasteiger partial charge in [0.1, 0.15) is 0 Å². The van der Waals surface area contributed by atoms with Crippen molar-refractivity contribution in [2.24, 2.45) is 0 Å². The second kappa shape index (κ2) is 7.58. The summed E-state index contributed by atoms with van der Waals surface area (Å²) < 4.78 is 11.2. The summed E-state index contributed by atoms with van der Waals surface area (Å²) in [5.41, 5.74) is 0. The van der Waals surface area contributed by atoms with Gasteiger partial charge in [0.15, 0.2) is 0 Å². The van der Waals surface area contributed by atoms with Crippen LogP contribution in [0, 0.1) is 0 Å². The molecule has 0 aliphatic heterocycles. The zero-order chi connectivity index (χ0) is 14.4. The maximum atomic E-state index is 5.92. The number of nitrogens with one attached hydrogen (secondary N) is 2. The molecule has 0 aliphatic carbocycles. The molecule has 0 amide bonds. The summed E-state index contributed by atoms with van der Waals surface area (Å²) in [6, 6.07) is 4.33. The molecule has 0 radical (unpaired) electrons. The number of halogens is 1. The van der Waals surface area contributed by atoms with E-state index in [2.05, 4.69) is 20.8 Å². The van der Waals surface area contributed by atoms with Crippen molar-refractivity contribution in [1.29, 1.82) is 0 Å². The largest absolute Gasteiger partial charge is 0.407 e. The van der Waals surface area contributed by atoms with Crippen molar-refractivity contribution in [2.75, 3.05) is 25.6 Å². The highest BCUT2D eigenvalue weighted by Crippen LogP contribution is 2.28. The Balaban J connectivity index is 1.83. The second-order valence-electron chi connectivity index (χ2n) is 4.18. The highest BCUT2D eigenvalue weighted by atomic mass is 35.5. The van der Waals surface area contributed by atoms with E-state index < -0.39 is 0 Å². The first-order valence-electron chi connectivity index (χ1n) is 6.23. The lowest BCUT2D eigenvalue weighted by Gasteiger charge is -2.08. The molecule has 0 fully saturated rings. The van der Waals surface area contributed by atoms with Crippen LogP contribution in [-0.4, -0.2) is 30.5 Å². The topological polar surface area (TPSA) is 72.2 Å². The molecule has 2 N–H and O–H groups in total. The molecular formula is C12H17ClN4O2S. The summed E-state index contributed by atoms with van der Waals surface area (Å²) in [5, 5.41) is 14.2. The standard InChI is InChI=1S/C12H17ClN4O2S/c1-8(9-3-4-10(13)20-9)15-12-17-16-11(19-12)7-14-5-6-18-2/h3-4,8,14H,5-7H2,1-2H3,(H,15,17). The first kappa shape index (κ1) is 15.2. The predicted octanol–water partition coefficient (Wildman–Crippen LogP) is 2.69. The summed E-state index contributed by atoms with van der Waals surface area (Å²) in [7, 11) is 1.66. The summed E-state index contributed by atoms with van der Waals surface area (Å²) >= 11 is 7.44. The van der Waals surface area contributed by atoms with Gasteiger partial charge in [0.2, 0.25) is 5.89 Å². The Morgan fingerprint density at radius 2 is 2.30 bits per heavy atom. The summed E-state index contributed by atoms with van der Waals surface area (Å²) in [5.74, 6) is 0.542. The monoisotopic (exact) mass is 316 g/mol. The van der Waals surface area contributed by atoms with E-state index in [1.165, 1.54) is 11.3 Å². The van der Waals surface area contributed by atoms with Gasteiger partial charge in [-0.15, -0.1) is 16.4 Å². The fraction of sp³-hybridized carbons (Fsp3) is 0.500. The molecule has 2 heterocycles. The molecule has 0 aliphatic rings. The van der Waals surface area contributed by atoms with Crippen molar-refractivity contribution in [1.82, 2.24) is 15.5 Å². The summed E-state index contributed by atoms with van der Waals surface area (Å²) in [6.45, 7) is 3.93. The van der Waals surface area contributed by atoms with Gasteiger partial charge < -0.3 is 19.8 Å². The van der Waals surface area contributed by atoms with Crippen LogP contribution in [0.25, 0.3) is 0 Å². The third-order valence-corrected chi connectivity index (χ3v) is 4.00. The zero-order valence-electron chi connectivity index (χ0n) is 11.4. The van der Waals surface area contributed by atoms with Crippen LogP contribution in [0.1, 0.15) is 23.7 Å². The van der Waals surface area contributed by atoms with Gasteiger partial charge in [-0.2, -0.15) is 0 Å². The van der Waals surface area contributed by atoms with Crippen LogP contribution in [0.3, 0.4) is 0 Å². The van der Waals surface area contributed by atoms with E-state index in [0.717, 1.165) is 15.8 Å². The molecule has 8 heteroatoms. The van der Waals surface area contributed by atoms with Crippen LogP contribution in [0.4, 0.5) is 6.01 Å². The van der Waals surface area contributed by atoms with Crippen LogP contribution in [0.2, 0.25) is 4.34 Å². The summed E-state index contributed by atoms with van der Waals surface area (Å²) in [4.78, 5) is 1.12. The highest BCUT2D eigenvalue weighted by molar-refractivity contribution is 7.16. The molecule has 0 saturated carbocycles. The van der Waals surface area contributed by atoms with E-state index in [4.69, 9.17) is 20.8 Å². The van der Waals surface area contributed by atoms with Gasteiger partial charge in [0.25, 0.3) is 0 Å². The maximum Gasteiger partial charge on any atom is 0.316 e. The van der Waals surface area contributed by atoms with Gasteiger partial charge in [0, 0.05) is 18.5 Å². The average Bonchev–Trinajstić information content (AvgIpc) is 3.04. The van der Waals surface area contributed by atoms with Crippen molar-refractivity contribution < 1.29 is 9.15 Å². The molecule has 110 valence electrons. The Hall–Kier alpha value is -1.15. The maximum absolute atomic E-state index is 5.92. The molecule has 6 nitrogen and oxygen atoms in total. The molecule has 2 aromatic rings. The third kappa shape index (κ3) is 4.45. The van der Waals surface area contributed by atoms with Crippen LogP contribution in [0.15, 0.2) is 16.5 Å². The van der Waals surface area contributed by atoms with Crippen molar-refractivity contribution in [3.05, 3.63) is 27.2 Å². The van der Waals surface area contributed by atoms with Crippen molar-refractivity contribution >= 4 is 29.0 Å². The highest BCUT2D eigenvalue weighted by Gasteiger charge is 2.12. The first-order chi connectivity index (χ1) is 9.69. The lowest BCUT2D eigenvalue weighted by Crippen LogP contribution is -2.18. The van der Waals surface area contributed by atoms with Crippen LogP contribution in [-0.2, 0) is 11.3 Å². The molecule has 1 atom stereocenters. The number of nitrogens with zero attached hydrogens (tertiary/aromatic N) is 2. The van der Waals surface area contributed by atoms with Gasteiger partial charge in [0.05, 0.1) is 23.5 Å². The van der Waals surface area contributed by atoms with E-state index in [0.29, 0.717) is 25.1 Å².